The number of hydrogen-bond acceptors (Lipinski definition) is 4. The number of amides is 2. The van der Waals surface area contributed by atoms with Crippen LogP contribution in [0.25, 0.3) is 5.69 Å². The van der Waals surface area contributed by atoms with Crippen molar-refractivity contribution in [2.24, 2.45) is 0 Å². The maximum Gasteiger partial charge on any atom is 0.323 e. The van der Waals surface area contributed by atoms with E-state index in [1.807, 2.05) is 54.3 Å². The van der Waals surface area contributed by atoms with E-state index in [1.165, 1.54) is 0 Å². The van der Waals surface area contributed by atoms with Crippen LogP contribution in [0.1, 0.15) is 55.8 Å². The zero-order valence-electron chi connectivity index (χ0n) is 16.4. The highest BCUT2D eigenvalue weighted by Gasteiger charge is 2.33. The van der Waals surface area contributed by atoms with Crippen molar-refractivity contribution in [1.82, 2.24) is 19.8 Å². The predicted molar refractivity (Wildman–Crippen MR) is 107 cm³/mol. The van der Waals surface area contributed by atoms with Crippen molar-refractivity contribution in [3.63, 3.8) is 0 Å². The van der Waals surface area contributed by atoms with E-state index in [9.17, 15) is 4.79 Å². The summed E-state index contributed by atoms with van der Waals surface area (Å²) in [4.78, 5) is 14.9. The molecule has 0 saturated carbocycles. The van der Waals surface area contributed by atoms with Crippen molar-refractivity contribution < 1.29 is 9.32 Å². The van der Waals surface area contributed by atoms with Crippen LogP contribution in [0.2, 0.25) is 0 Å². The second-order valence-electron chi connectivity index (χ2n) is 7.51. The number of para-hydroxylation sites is 1. The minimum atomic E-state index is -0.149. The van der Waals surface area contributed by atoms with E-state index in [1.54, 1.807) is 4.68 Å². The summed E-state index contributed by atoms with van der Waals surface area (Å²) >= 11 is 0. The molecule has 1 N–H and O–H groups in total. The van der Waals surface area contributed by atoms with Crippen LogP contribution in [-0.4, -0.2) is 32.4 Å². The number of likely N-dealkylation sites (tertiary alicyclic amines) is 1. The number of urea groups is 1. The molecule has 0 aliphatic carbocycles. The van der Waals surface area contributed by atoms with Gasteiger partial charge in [0.15, 0.2) is 5.76 Å². The van der Waals surface area contributed by atoms with Gasteiger partial charge < -0.3 is 9.42 Å². The van der Waals surface area contributed by atoms with Gasteiger partial charge in [-0.25, -0.2) is 9.48 Å². The molecule has 1 saturated heterocycles. The van der Waals surface area contributed by atoms with E-state index < -0.39 is 0 Å². The molecule has 1 aromatic carbocycles. The lowest BCUT2D eigenvalue weighted by molar-refractivity contribution is 0.195. The molecule has 0 unspecified atom stereocenters. The van der Waals surface area contributed by atoms with Gasteiger partial charge in [0.05, 0.1) is 23.1 Å². The monoisotopic (exact) mass is 379 g/mol. The van der Waals surface area contributed by atoms with E-state index in [4.69, 9.17) is 9.62 Å². The molecule has 146 valence electrons. The molecule has 0 bridgehead atoms. The van der Waals surface area contributed by atoms with Gasteiger partial charge in [-0.2, -0.15) is 5.10 Å². The first kappa shape index (κ1) is 18.3. The Balaban J connectivity index is 1.60. The lowest BCUT2D eigenvalue weighted by atomic mass is 10.1. The van der Waals surface area contributed by atoms with Crippen molar-refractivity contribution in [3.05, 3.63) is 59.6 Å². The molecule has 3 aromatic rings. The fourth-order valence-corrected chi connectivity index (χ4v) is 3.56. The average Bonchev–Trinajstić information content (AvgIpc) is 3.41. The molecule has 3 heterocycles. The lowest BCUT2D eigenvalue weighted by Crippen LogP contribution is -2.34. The topological polar surface area (TPSA) is 76.2 Å². The first-order chi connectivity index (χ1) is 13.5. The highest BCUT2D eigenvalue weighted by Crippen LogP contribution is 2.33. The maximum absolute atomic E-state index is 13.1. The first-order valence-electron chi connectivity index (χ1n) is 9.69. The van der Waals surface area contributed by atoms with Gasteiger partial charge in [0, 0.05) is 18.7 Å². The van der Waals surface area contributed by atoms with Gasteiger partial charge in [0.1, 0.15) is 5.82 Å². The number of hydrogen-bond donors (Lipinski definition) is 1. The van der Waals surface area contributed by atoms with Crippen LogP contribution in [0.3, 0.4) is 0 Å². The van der Waals surface area contributed by atoms with Crippen LogP contribution >= 0.6 is 0 Å². The van der Waals surface area contributed by atoms with Gasteiger partial charge in [0.2, 0.25) is 0 Å². The Labute approximate surface area is 164 Å². The molecular formula is C21H25N5O2. The second kappa shape index (κ2) is 7.50. The van der Waals surface area contributed by atoms with Crippen molar-refractivity contribution in [2.45, 2.75) is 45.6 Å². The summed E-state index contributed by atoms with van der Waals surface area (Å²) in [6.07, 6.45) is 1.81. The first-order valence-corrected chi connectivity index (χ1v) is 9.69. The fourth-order valence-electron chi connectivity index (χ4n) is 3.56. The third-order valence-electron chi connectivity index (χ3n) is 5.04. The Morgan fingerprint density at radius 1 is 1.25 bits per heavy atom. The van der Waals surface area contributed by atoms with Crippen LogP contribution in [0.4, 0.5) is 10.6 Å². The Hall–Kier alpha value is -3.09. The van der Waals surface area contributed by atoms with Gasteiger partial charge in [-0.15, -0.1) is 0 Å². The summed E-state index contributed by atoms with van der Waals surface area (Å²) in [5, 5.41) is 11.7. The maximum atomic E-state index is 13.1. The van der Waals surface area contributed by atoms with Gasteiger partial charge >= 0.3 is 6.03 Å². The van der Waals surface area contributed by atoms with Crippen molar-refractivity contribution in [2.75, 3.05) is 11.9 Å². The quantitative estimate of drug-likeness (QED) is 0.715. The van der Waals surface area contributed by atoms with Crippen molar-refractivity contribution in [1.29, 1.82) is 0 Å². The molecule has 1 aliphatic heterocycles. The van der Waals surface area contributed by atoms with Gasteiger partial charge in [0.25, 0.3) is 0 Å². The lowest BCUT2D eigenvalue weighted by Gasteiger charge is -2.23. The number of nitrogens with one attached hydrogen (secondary N) is 1. The number of carbonyl (C=O) groups is 1. The molecule has 1 fully saturated rings. The van der Waals surface area contributed by atoms with Crippen molar-refractivity contribution >= 4 is 11.8 Å². The predicted octanol–water partition coefficient (Wildman–Crippen LogP) is 4.66. The molecule has 4 rings (SSSR count). The fraction of sp³-hybridized carbons (Fsp3) is 0.381. The molecule has 1 aliphatic rings. The standard InChI is InChI=1S/C21H25N5O2/c1-14(2)17-13-20(26(23-17)16-8-5-4-6-9-16)22-21(27)25-11-7-10-18(25)19-12-15(3)24-28-19/h4-6,8-9,12-14,18H,7,10-11H2,1-3H3,(H,22,27)/t18-/m1/s1. The van der Waals surface area contributed by atoms with E-state index in [-0.39, 0.29) is 18.0 Å². The smallest absolute Gasteiger partial charge is 0.323 e. The highest BCUT2D eigenvalue weighted by atomic mass is 16.5. The Kier molecular flexibility index (Phi) is 4.90. The normalized spacial score (nSPS) is 16.7. The zero-order chi connectivity index (χ0) is 19.7. The SMILES string of the molecule is Cc1cc([C@H]2CCCN2C(=O)Nc2cc(C(C)C)nn2-c2ccccc2)on1. The third-order valence-corrected chi connectivity index (χ3v) is 5.04. The van der Waals surface area contributed by atoms with Crippen LogP contribution in [0.15, 0.2) is 47.0 Å². The summed E-state index contributed by atoms with van der Waals surface area (Å²) in [6, 6.07) is 13.4. The van der Waals surface area contributed by atoms with Crippen LogP contribution in [0.5, 0.6) is 0 Å². The van der Waals surface area contributed by atoms with E-state index in [0.717, 1.165) is 35.7 Å². The number of aryl methyl sites for hydroxylation is 1. The molecule has 2 aromatic heterocycles. The van der Waals surface area contributed by atoms with E-state index in [0.29, 0.717) is 12.4 Å². The highest BCUT2D eigenvalue weighted by molar-refractivity contribution is 5.89. The van der Waals surface area contributed by atoms with Crippen molar-refractivity contribution in [3.8, 4) is 5.69 Å². The molecule has 2 amide bonds. The zero-order valence-corrected chi connectivity index (χ0v) is 16.4. The summed E-state index contributed by atoms with van der Waals surface area (Å²) in [7, 11) is 0. The summed E-state index contributed by atoms with van der Waals surface area (Å²) in [5.74, 6) is 1.67. The molecule has 7 heteroatoms. The number of rotatable bonds is 4. The average molecular weight is 379 g/mol. The molecular weight excluding hydrogens is 354 g/mol. The molecule has 28 heavy (non-hydrogen) atoms. The van der Waals surface area contributed by atoms with Crippen LogP contribution in [0, 0.1) is 6.92 Å². The minimum absolute atomic E-state index is 0.0844. The van der Waals surface area contributed by atoms with E-state index >= 15 is 0 Å². The molecule has 0 radical (unpaired) electrons. The van der Waals surface area contributed by atoms with Crippen LogP contribution in [-0.2, 0) is 0 Å². The molecule has 0 spiro atoms. The Bertz CT molecular complexity index is 960. The number of benzene rings is 1. The third kappa shape index (κ3) is 3.52. The van der Waals surface area contributed by atoms with Gasteiger partial charge in [-0.3, -0.25) is 5.32 Å². The Morgan fingerprint density at radius 3 is 2.71 bits per heavy atom. The number of carbonyl (C=O) groups excluding carboxylic acids is 1. The molecule has 1 atom stereocenters. The van der Waals surface area contributed by atoms with Gasteiger partial charge in [-0.1, -0.05) is 37.2 Å². The summed E-state index contributed by atoms with van der Waals surface area (Å²) < 4.78 is 7.21. The summed E-state index contributed by atoms with van der Waals surface area (Å²) in [5.41, 5.74) is 2.67. The summed E-state index contributed by atoms with van der Waals surface area (Å²) in [6.45, 7) is 6.75. The van der Waals surface area contributed by atoms with Crippen LogP contribution < -0.4 is 5.32 Å². The number of aromatic nitrogens is 3. The largest absolute Gasteiger partial charge is 0.359 e. The second-order valence-corrected chi connectivity index (χ2v) is 7.51. The number of nitrogens with zero attached hydrogens (tertiary/aromatic N) is 4. The van der Waals surface area contributed by atoms with E-state index in [2.05, 4.69) is 24.3 Å². The Morgan fingerprint density at radius 2 is 2.04 bits per heavy atom. The molecule has 7 nitrogen and oxygen atoms in total. The van der Waals surface area contributed by atoms with Gasteiger partial charge in [-0.05, 0) is 37.8 Å². The number of anilines is 1. The minimum Gasteiger partial charge on any atom is -0.359 e.